The van der Waals surface area contributed by atoms with Crippen molar-refractivity contribution in [2.45, 2.75) is 31.5 Å². The Labute approximate surface area is 97.6 Å². The number of nitrogens with zero attached hydrogens (tertiary/aromatic N) is 2. The maximum atomic E-state index is 11.6. The van der Waals surface area contributed by atoms with E-state index in [0.717, 1.165) is 0 Å². The molecule has 0 aliphatic carbocycles. The van der Waals surface area contributed by atoms with Gasteiger partial charge in [-0.05, 0) is 6.92 Å². The fourth-order valence-corrected chi connectivity index (χ4v) is 1.71. The van der Waals surface area contributed by atoms with Crippen molar-refractivity contribution in [3.05, 3.63) is 0 Å². The van der Waals surface area contributed by atoms with Crippen molar-refractivity contribution in [1.82, 2.24) is 10.6 Å². The molecule has 0 bridgehead atoms. The minimum atomic E-state index is -1.05. The Bertz CT molecular complexity index is 392. The highest BCUT2D eigenvalue weighted by atomic mass is 16.3. The molecule has 0 aromatic heterocycles. The molecule has 4 atom stereocenters. The summed E-state index contributed by atoms with van der Waals surface area (Å²) in [6.45, 7) is 1.66. The maximum Gasteiger partial charge on any atom is 0.275 e. The number of hydrogen-bond acceptors (Lipinski definition) is 7. The summed E-state index contributed by atoms with van der Waals surface area (Å²) < 4.78 is 0. The summed E-state index contributed by atoms with van der Waals surface area (Å²) >= 11 is 0. The van der Waals surface area contributed by atoms with Crippen molar-refractivity contribution in [2.24, 2.45) is 15.7 Å². The van der Waals surface area contributed by atoms with Gasteiger partial charge in [0.15, 0.2) is 17.8 Å². The average molecular weight is 241 g/mol. The molecule has 94 valence electrons. The zero-order chi connectivity index (χ0) is 12.6. The Hall–Kier alpha value is -1.51. The smallest absolute Gasteiger partial charge is 0.275 e. The number of amidine groups is 1. The Morgan fingerprint density at radius 1 is 1.47 bits per heavy atom. The second-order valence-electron chi connectivity index (χ2n) is 4.06. The molecule has 0 aromatic rings. The Kier molecular flexibility index (Phi) is 3.09. The number of aliphatic hydroxyl groups excluding tert-OH is 2. The molecule has 1 fully saturated rings. The van der Waals surface area contributed by atoms with Crippen LogP contribution >= 0.6 is 0 Å². The number of hydrogen-bond donors (Lipinski definition) is 5. The third-order valence-corrected chi connectivity index (χ3v) is 2.64. The minimum Gasteiger partial charge on any atom is -0.391 e. The van der Waals surface area contributed by atoms with E-state index in [9.17, 15) is 15.0 Å². The predicted octanol–water partition coefficient (Wildman–Crippen LogP) is -3.09. The van der Waals surface area contributed by atoms with E-state index in [1.165, 1.54) is 6.92 Å². The van der Waals surface area contributed by atoms with Gasteiger partial charge in [-0.15, -0.1) is 0 Å². The number of fused-ring (bicyclic) bond motifs is 1. The van der Waals surface area contributed by atoms with Crippen molar-refractivity contribution >= 4 is 17.5 Å². The van der Waals surface area contributed by atoms with Crippen LogP contribution < -0.4 is 16.4 Å². The van der Waals surface area contributed by atoms with Gasteiger partial charge in [-0.25, -0.2) is 0 Å². The standard InChI is InChI=1S/C9H15N5O3/c1-3(15)6(16)4-2-11-7-5(12-4)8(17)14-9(10)13-7/h3-4,6,9,15-16H,2,10H2,1H3,(H,11,13)(H,14,17)/t3-,4+,6-,9?/m0/s1. The molecule has 2 heterocycles. The highest BCUT2D eigenvalue weighted by molar-refractivity contribution is 6.67. The Morgan fingerprint density at radius 2 is 2.18 bits per heavy atom. The van der Waals surface area contributed by atoms with Gasteiger partial charge in [0.05, 0.1) is 18.7 Å². The van der Waals surface area contributed by atoms with Gasteiger partial charge >= 0.3 is 0 Å². The van der Waals surface area contributed by atoms with Gasteiger partial charge in [-0.1, -0.05) is 0 Å². The molecule has 2 aliphatic rings. The Balaban J connectivity index is 2.19. The van der Waals surface area contributed by atoms with Gasteiger partial charge in [0, 0.05) is 0 Å². The fraction of sp³-hybridized carbons (Fsp3) is 0.667. The molecule has 0 radical (unpaired) electrons. The van der Waals surface area contributed by atoms with E-state index in [-0.39, 0.29) is 12.3 Å². The number of aliphatic imine (C=N–C) groups is 2. The van der Waals surface area contributed by atoms with Crippen molar-refractivity contribution in [2.75, 3.05) is 6.54 Å². The van der Waals surface area contributed by atoms with Crippen LogP contribution in [0.3, 0.4) is 0 Å². The lowest BCUT2D eigenvalue weighted by molar-refractivity contribution is -0.115. The van der Waals surface area contributed by atoms with Crippen LogP contribution in [0.2, 0.25) is 0 Å². The molecule has 1 amide bonds. The first-order chi connectivity index (χ1) is 7.99. The van der Waals surface area contributed by atoms with Gasteiger partial charge in [-0.3, -0.25) is 20.5 Å². The van der Waals surface area contributed by atoms with Crippen LogP contribution in [0.5, 0.6) is 0 Å². The number of amides is 1. The number of carbonyl (C=O) groups excluding carboxylic acids is 1. The number of rotatable bonds is 2. The molecule has 17 heavy (non-hydrogen) atoms. The van der Waals surface area contributed by atoms with Crippen LogP contribution in [0.25, 0.3) is 0 Å². The molecule has 0 saturated carbocycles. The van der Waals surface area contributed by atoms with E-state index in [1.54, 1.807) is 0 Å². The summed E-state index contributed by atoms with van der Waals surface area (Å²) in [6, 6.07) is -0.615. The summed E-state index contributed by atoms with van der Waals surface area (Å²) in [5.74, 6) is -0.104. The summed E-state index contributed by atoms with van der Waals surface area (Å²) in [5.41, 5.74) is 5.62. The molecule has 6 N–H and O–H groups in total. The van der Waals surface area contributed by atoms with Gasteiger partial charge in [0.25, 0.3) is 5.91 Å². The van der Waals surface area contributed by atoms with Crippen LogP contribution in [-0.2, 0) is 4.79 Å². The van der Waals surface area contributed by atoms with Crippen LogP contribution in [-0.4, -0.2) is 58.8 Å². The molecule has 2 rings (SSSR count). The molecular weight excluding hydrogens is 226 g/mol. The van der Waals surface area contributed by atoms with E-state index < -0.39 is 30.4 Å². The first-order valence-electron chi connectivity index (χ1n) is 5.31. The van der Waals surface area contributed by atoms with Gasteiger partial charge in [0.1, 0.15) is 6.10 Å². The molecule has 0 spiro atoms. The quantitative estimate of drug-likeness (QED) is 0.349. The second-order valence-corrected chi connectivity index (χ2v) is 4.06. The average Bonchev–Trinajstić information content (AvgIpc) is 2.27. The first kappa shape index (κ1) is 12.0. The third-order valence-electron chi connectivity index (χ3n) is 2.64. The first-order valence-corrected chi connectivity index (χ1v) is 5.31. The highest BCUT2D eigenvalue weighted by Gasteiger charge is 2.33. The van der Waals surface area contributed by atoms with Crippen molar-refractivity contribution in [1.29, 1.82) is 0 Å². The zero-order valence-corrected chi connectivity index (χ0v) is 9.29. The van der Waals surface area contributed by atoms with Gasteiger partial charge in [-0.2, -0.15) is 0 Å². The van der Waals surface area contributed by atoms with Gasteiger partial charge < -0.3 is 20.8 Å². The normalized spacial score (nSPS) is 31.4. The number of carbonyl (C=O) groups is 1. The van der Waals surface area contributed by atoms with E-state index in [2.05, 4.69) is 20.6 Å². The topological polar surface area (TPSA) is 132 Å². The monoisotopic (exact) mass is 241 g/mol. The SMILES string of the molecule is C[C@H](O)[C@H](O)[C@H]1CN=C2NC(N)NC(=O)C2=N1. The van der Waals surface area contributed by atoms with Crippen molar-refractivity contribution < 1.29 is 15.0 Å². The lowest BCUT2D eigenvalue weighted by atomic mass is 10.1. The van der Waals surface area contributed by atoms with Crippen LogP contribution in [0.4, 0.5) is 0 Å². The van der Waals surface area contributed by atoms with E-state index >= 15 is 0 Å². The zero-order valence-electron chi connectivity index (χ0n) is 9.29. The predicted molar refractivity (Wildman–Crippen MR) is 60.5 cm³/mol. The number of nitrogens with one attached hydrogen (secondary N) is 2. The van der Waals surface area contributed by atoms with Crippen LogP contribution in [0.1, 0.15) is 6.92 Å². The molecule has 0 aromatic carbocycles. The third kappa shape index (κ3) is 2.28. The molecule has 8 nitrogen and oxygen atoms in total. The van der Waals surface area contributed by atoms with Crippen LogP contribution in [0, 0.1) is 0 Å². The van der Waals surface area contributed by atoms with Gasteiger partial charge in [0.2, 0.25) is 0 Å². The van der Waals surface area contributed by atoms with Crippen molar-refractivity contribution in [3.8, 4) is 0 Å². The van der Waals surface area contributed by atoms with E-state index in [4.69, 9.17) is 5.73 Å². The molecule has 8 heteroatoms. The lowest BCUT2D eigenvalue weighted by Crippen LogP contribution is -2.65. The molecular formula is C9H15N5O3. The lowest BCUT2D eigenvalue weighted by Gasteiger charge is -2.30. The second kappa shape index (κ2) is 4.40. The molecule has 1 saturated heterocycles. The number of nitrogens with two attached hydrogens (primary N) is 1. The summed E-state index contributed by atoms with van der Waals surface area (Å²) in [5, 5.41) is 24.1. The fourth-order valence-electron chi connectivity index (χ4n) is 1.71. The summed E-state index contributed by atoms with van der Waals surface area (Å²) in [7, 11) is 0. The largest absolute Gasteiger partial charge is 0.391 e. The Morgan fingerprint density at radius 3 is 2.82 bits per heavy atom. The van der Waals surface area contributed by atoms with Crippen molar-refractivity contribution in [3.63, 3.8) is 0 Å². The number of aliphatic hydroxyl groups is 2. The highest BCUT2D eigenvalue weighted by Crippen LogP contribution is 2.11. The minimum absolute atomic E-state index is 0.114. The maximum absolute atomic E-state index is 11.6. The van der Waals surface area contributed by atoms with E-state index in [0.29, 0.717) is 5.84 Å². The van der Waals surface area contributed by atoms with Crippen LogP contribution in [0.15, 0.2) is 9.98 Å². The summed E-state index contributed by atoms with van der Waals surface area (Å²) in [4.78, 5) is 19.8. The molecule has 2 aliphatic heterocycles. The summed E-state index contributed by atoms with van der Waals surface area (Å²) in [6.07, 6.45) is -2.65. The molecule has 1 unspecified atom stereocenters. The van der Waals surface area contributed by atoms with E-state index in [1.807, 2.05) is 0 Å².